The molecule has 0 unspecified atom stereocenters. The minimum atomic E-state index is 0.841. The maximum absolute atomic E-state index is 6.61. The average Bonchev–Trinajstić information content (AvgIpc) is 3.98. The van der Waals surface area contributed by atoms with Crippen LogP contribution in [0.5, 0.6) is 0 Å². The van der Waals surface area contributed by atoms with Crippen molar-refractivity contribution in [2.24, 2.45) is 0 Å². The third-order valence-corrected chi connectivity index (χ3v) is 11.2. The van der Waals surface area contributed by atoms with E-state index >= 15 is 0 Å². The molecule has 266 valence electrons. The van der Waals surface area contributed by atoms with E-state index in [0.717, 1.165) is 116 Å². The topological polar surface area (TPSA) is 57.0 Å². The number of fused-ring (bicyclic) bond motifs is 9. The number of pyridine rings is 1. The Morgan fingerprint density at radius 2 is 1.02 bits per heavy atom. The van der Waals surface area contributed by atoms with Crippen molar-refractivity contribution in [3.05, 3.63) is 188 Å². The molecule has 0 atom stereocenters. The Labute approximate surface area is 326 Å². The molecule has 0 saturated heterocycles. The van der Waals surface area contributed by atoms with Crippen molar-refractivity contribution in [1.82, 2.24) is 14.5 Å². The SMILES string of the molecule is c1ccc(-c2nc3ccccc3n2-c2ccc(-c3cc(-c4cccc5c4oc4ccccc45)cc(-c4nc5ccccc5c5oc6ccccc6c45)c3)cc2)cc1. The summed E-state index contributed by atoms with van der Waals surface area (Å²) in [6.45, 7) is 0. The van der Waals surface area contributed by atoms with Crippen molar-refractivity contribution in [3.8, 4) is 50.6 Å². The van der Waals surface area contributed by atoms with Crippen molar-refractivity contribution in [1.29, 1.82) is 0 Å². The lowest BCUT2D eigenvalue weighted by atomic mass is 9.92. The van der Waals surface area contributed by atoms with Crippen molar-refractivity contribution in [2.45, 2.75) is 0 Å². The summed E-state index contributed by atoms with van der Waals surface area (Å²) >= 11 is 0. The Morgan fingerprint density at radius 1 is 0.386 bits per heavy atom. The van der Waals surface area contributed by atoms with Gasteiger partial charge in [-0.15, -0.1) is 0 Å². The van der Waals surface area contributed by atoms with Gasteiger partial charge in [-0.1, -0.05) is 121 Å². The Kier molecular flexibility index (Phi) is 6.86. The summed E-state index contributed by atoms with van der Waals surface area (Å²) in [6.07, 6.45) is 0. The molecule has 4 heterocycles. The third kappa shape index (κ3) is 4.96. The molecule has 4 aromatic heterocycles. The lowest BCUT2D eigenvalue weighted by Crippen LogP contribution is -1.97. The van der Waals surface area contributed by atoms with E-state index in [1.165, 1.54) is 0 Å². The Bertz CT molecular complexity index is 3520. The highest BCUT2D eigenvalue weighted by molar-refractivity contribution is 6.19. The molecule has 5 nitrogen and oxygen atoms in total. The van der Waals surface area contributed by atoms with E-state index in [1.54, 1.807) is 0 Å². The van der Waals surface area contributed by atoms with Crippen LogP contribution in [0.4, 0.5) is 0 Å². The molecule has 0 saturated carbocycles. The summed E-state index contributed by atoms with van der Waals surface area (Å²) in [5.41, 5.74) is 14.5. The summed E-state index contributed by atoms with van der Waals surface area (Å²) < 4.78 is 15.5. The van der Waals surface area contributed by atoms with E-state index in [0.29, 0.717) is 0 Å². The first-order valence-electron chi connectivity index (χ1n) is 19.1. The fourth-order valence-corrected chi connectivity index (χ4v) is 8.55. The number of rotatable bonds is 5. The number of hydrogen-bond acceptors (Lipinski definition) is 4. The van der Waals surface area contributed by atoms with Gasteiger partial charge in [0.25, 0.3) is 0 Å². The van der Waals surface area contributed by atoms with Crippen LogP contribution in [0, 0.1) is 0 Å². The van der Waals surface area contributed by atoms with Crippen LogP contribution < -0.4 is 0 Å². The van der Waals surface area contributed by atoms with Gasteiger partial charge in [-0.05, 0) is 83.4 Å². The van der Waals surface area contributed by atoms with E-state index in [2.05, 4.69) is 144 Å². The largest absolute Gasteiger partial charge is 0.455 e. The molecule has 57 heavy (non-hydrogen) atoms. The molecule has 0 fully saturated rings. The molecule has 12 rings (SSSR count). The molecular weight excluding hydrogens is 699 g/mol. The maximum atomic E-state index is 6.61. The molecule has 0 N–H and O–H groups in total. The predicted molar refractivity (Wildman–Crippen MR) is 233 cm³/mol. The first kappa shape index (κ1) is 31.6. The highest BCUT2D eigenvalue weighted by Crippen LogP contribution is 2.43. The zero-order valence-electron chi connectivity index (χ0n) is 30.6. The number of hydrogen-bond donors (Lipinski definition) is 0. The summed E-state index contributed by atoms with van der Waals surface area (Å²) in [5, 5.41) is 5.23. The molecule has 0 aliphatic heterocycles. The average molecular weight is 730 g/mol. The van der Waals surface area contributed by atoms with Gasteiger partial charge in [-0.2, -0.15) is 0 Å². The third-order valence-electron chi connectivity index (χ3n) is 11.2. The molecule has 0 radical (unpaired) electrons. The second-order valence-corrected chi connectivity index (χ2v) is 14.5. The van der Waals surface area contributed by atoms with Gasteiger partial charge in [0.15, 0.2) is 0 Å². The number of furan rings is 2. The van der Waals surface area contributed by atoms with Crippen LogP contribution in [0.3, 0.4) is 0 Å². The predicted octanol–water partition coefficient (Wildman–Crippen LogP) is 14.0. The van der Waals surface area contributed by atoms with Crippen LogP contribution in [-0.2, 0) is 0 Å². The smallest absolute Gasteiger partial charge is 0.147 e. The lowest BCUT2D eigenvalue weighted by molar-refractivity contribution is 0.670. The molecule has 0 bridgehead atoms. The highest BCUT2D eigenvalue weighted by atomic mass is 16.3. The Morgan fingerprint density at radius 3 is 1.86 bits per heavy atom. The minimum Gasteiger partial charge on any atom is -0.455 e. The van der Waals surface area contributed by atoms with E-state index in [4.69, 9.17) is 18.8 Å². The van der Waals surface area contributed by atoms with Crippen LogP contribution in [-0.4, -0.2) is 14.5 Å². The zero-order valence-corrected chi connectivity index (χ0v) is 30.6. The Hall–Kier alpha value is -7.76. The molecule has 8 aromatic carbocycles. The van der Waals surface area contributed by atoms with Crippen LogP contribution in [0.2, 0.25) is 0 Å². The molecule has 0 aliphatic rings. The Balaban J connectivity index is 1.10. The van der Waals surface area contributed by atoms with Crippen LogP contribution in [0.1, 0.15) is 0 Å². The highest BCUT2D eigenvalue weighted by Gasteiger charge is 2.21. The molecule has 0 aliphatic carbocycles. The normalized spacial score (nSPS) is 11.9. The maximum Gasteiger partial charge on any atom is 0.147 e. The van der Waals surface area contributed by atoms with E-state index in [1.807, 2.05) is 48.5 Å². The monoisotopic (exact) mass is 729 g/mol. The zero-order chi connectivity index (χ0) is 37.5. The number of benzene rings is 8. The van der Waals surface area contributed by atoms with Gasteiger partial charge in [0, 0.05) is 43.9 Å². The molecule has 0 amide bonds. The van der Waals surface area contributed by atoms with Gasteiger partial charge in [0.2, 0.25) is 0 Å². The van der Waals surface area contributed by atoms with Crippen molar-refractivity contribution in [2.75, 3.05) is 0 Å². The molecule has 5 heteroatoms. The van der Waals surface area contributed by atoms with Crippen LogP contribution >= 0.6 is 0 Å². The van der Waals surface area contributed by atoms with Gasteiger partial charge in [0.1, 0.15) is 28.2 Å². The van der Waals surface area contributed by atoms with Crippen molar-refractivity contribution < 1.29 is 8.83 Å². The van der Waals surface area contributed by atoms with Gasteiger partial charge in [0.05, 0.1) is 27.6 Å². The number of nitrogens with zero attached hydrogens (tertiary/aromatic N) is 3. The standard InChI is InChI=1S/C52H31N3O2/c1-2-13-33(14-3-1)52-54-44-21-8-9-22-45(44)55(52)37-27-25-32(26-28-37)34-29-35(38-18-12-19-40-39-15-5-10-23-46(39)56-50(38)40)31-36(30-34)49-48-42-17-6-11-24-47(42)57-51(48)41-16-4-7-20-43(41)53-49/h1-31H. The summed E-state index contributed by atoms with van der Waals surface area (Å²) in [5.74, 6) is 0.909. The van der Waals surface area contributed by atoms with Gasteiger partial charge in [-0.25, -0.2) is 9.97 Å². The van der Waals surface area contributed by atoms with Crippen molar-refractivity contribution >= 4 is 65.8 Å². The molecular formula is C52H31N3O2. The van der Waals surface area contributed by atoms with Crippen molar-refractivity contribution in [3.63, 3.8) is 0 Å². The first-order valence-corrected chi connectivity index (χ1v) is 19.1. The number of imidazole rings is 1. The van der Waals surface area contributed by atoms with E-state index in [9.17, 15) is 0 Å². The van der Waals surface area contributed by atoms with Gasteiger partial charge >= 0.3 is 0 Å². The minimum absolute atomic E-state index is 0.841. The van der Waals surface area contributed by atoms with Gasteiger partial charge in [-0.3, -0.25) is 4.57 Å². The van der Waals surface area contributed by atoms with Gasteiger partial charge < -0.3 is 8.83 Å². The number of para-hydroxylation sites is 6. The second kappa shape index (κ2) is 12.4. The summed E-state index contributed by atoms with van der Waals surface area (Å²) in [6, 6.07) is 65.4. The fourth-order valence-electron chi connectivity index (χ4n) is 8.55. The number of aromatic nitrogens is 3. The van der Waals surface area contributed by atoms with Crippen LogP contribution in [0.15, 0.2) is 197 Å². The molecule has 12 aromatic rings. The lowest BCUT2D eigenvalue weighted by Gasteiger charge is -2.14. The van der Waals surface area contributed by atoms with E-state index < -0.39 is 0 Å². The second-order valence-electron chi connectivity index (χ2n) is 14.5. The first-order chi connectivity index (χ1) is 28.2. The van der Waals surface area contributed by atoms with Crippen LogP contribution in [0.25, 0.3) is 116 Å². The molecule has 0 spiro atoms. The summed E-state index contributed by atoms with van der Waals surface area (Å²) in [7, 11) is 0. The summed E-state index contributed by atoms with van der Waals surface area (Å²) in [4.78, 5) is 10.5. The fraction of sp³-hybridized carbons (Fsp3) is 0. The quantitative estimate of drug-likeness (QED) is 0.177. The van der Waals surface area contributed by atoms with E-state index in [-0.39, 0.29) is 0 Å².